The van der Waals surface area contributed by atoms with Gasteiger partial charge in [0.15, 0.2) is 0 Å². The number of aliphatic carboxylic acids is 1. The Balaban J connectivity index is 1.52. The number of carbonyl (C=O) groups is 5. The van der Waals surface area contributed by atoms with Crippen molar-refractivity contribution in [3.05, 3.63) is 144 Å². The maximum atomic E-state index is 13.8. The lowest BCUT2D eigenvalue weighted by atomic mass is 9.91. The van der Waals surface area contributed by atoms with Crippen LogP contribution < -0.4 is 16.0 Å². The number of hydrogen-bond donors (Lipinski definition) is 4. The molecule has 4 aromatic carbocycles. The molecule has 0 aliphatic rings. The van der Waals surface area contributed by atoms with Gasteiger partial charge in [0.05, 0.1) is 6.42 Å². The van der Waals surface area contributed by atoms with Crippen LogP contribution in [0.4, 0.5) is 0 Å². The molecule has 3 amide bonds. The quantitative estimate of drug-likeness (QED) is 0.141. The molecule has 0 heterocycles. The van der Waals surface area contributed by atoms with E-state index in [2.05, 4.69) is 16.0 Å². The van der Waals surface area contributed by atoms with Crippen molar-refractivity contribution in [1.29, 1.82) is 0 Å². The van der Waals surface area contributed by atoms with Crippen LogP contribution in [0.2, 0.25) is 0 Å². The van der Waals surface area contributed by atoms with Gasteiger partial charge in [-0.25, -0.2) is 0 Å². The first-order valence-electron chi connectivity index (χ1n) is 15.1. The number of nitrogens with one attached hydrogen (secondary N) is 3. The van der Waals surface area contributed by atoms with E-state index in [-0.39, 0.29) is 13.0 Å². The number of rotatable bonds is 16. The van der Waals surface area contributed by atoms with E-state index < -0.39 is 53.9 Å². The average molecular weight is 620 g/mol. The van der Waals surface area contributed by atoms with Gasteiger partial charge in [-0.1, -0.05) is 121 Å². The predicted molar refractivity (Wildman–Crippen MR) is 173 cm³/mol. The first-order chi connectivity index (χ1) is 22.3. The van der Waals surface area contributed by atoms with Gasteiger partial charge in [-0.05, 0) is 35.1 Å². The lowest BCUT2D eigenvalue weighted by molar-refractivity contribution is -0.144. The first-order valence-corrected chi connectivity index (χ1v) is 15.1. The lowest BCUT2D eigenvalue weighted by Crippen LogP contribution is -2.55. The number of carbonyl (C=O) groups excluding carboxylic acids is 4. The number of benzene rings is 4. The summed E-state index contributed by atoms with van der Waals surface area (Å²) in [5.74, 6) is -5.18. The zero-order valence-electron chi connectivity index (χ0n) is 25.3. The molecule has 0 spiro atoms. The maximum absolute atomic E-state index is 13.8. The van der Waals surface area contributed by atoms with Crippen molar-refractivity contribution in [3.63, 3.8) is 0 Å². The smallest absolute Gasteiger partial charge is 0.305 e. The third-order valence-electron chi connectivity index (χ3n) is 7.47. The molecule has 9 heteroatoms. The number of carboxylic acids is 1. The maximum Gasteiger partial charge on any atom is 0.305 e. The van der Waals surface area contributed by atoms with Crippen molar-refractivity contribution in [2.75, 3.05) is 0 Å². The number of ketones is 1. The van der Waals surface area contributed by atoms with E-state index in [0.717, 1.165) is 16.7 Å². The third-order valence-corrected chi connectivity index (χ3v) is 7.47. The van der Waals surface area contributed by atoms with Crippen LogP contribution in [0, 0.1) is 5.92 Å². The summed E-state index contributed by atoms with van der Waals surface area (Å²) in [7, 11) is 0. The minimum absolute atomic E-state index is 0.0199. The van der Waals surface area contributed by atoms with Crippen LogP contribution in [0.1, 0.15) is 28.7 Å². The highest BCUT2D eigenvalue weighted by atomic mass is 16.4. The molecule has 0 bridgehead atoms. The van der Waals surface area contributed by atoms with Gasteiger partial charge in [0.2, 0.25) is 17.6 Å². The molecule has 9 nitrogen and oxygen atoms in total. The van der Waals surface area contributed by atoms with Gasteiger partial charge >= 0.3 is 5.97 Å². The standard InChI is InChI=1S/C37H37N3O6/c41-33(42)24-32(36(45)38-25-29-19-11-4-12-20-29)40-37(46)34(43)31(23-28-17-9-3-10-18-28)39-35(44)30(21-26-13-5-1-6-14-26)22-27-15-7-2-8-16-27/h1-20,30-32H,21-25H2,(H,38,45)(H,39,44)(H,40,46)(H,41,42)/t31-,32-/m0/s1. The van der Waals surface area contributed by atoms with Crippen molar-refractivity contribution < 1.29 is 29.1 Å². The molecule has 46 heavy (non-hydrogen) atoms. The fraction of sp³-hybridized carbons (Fsp3) is 0.216. The van der Waals surface area contributed by atoms with Gasteiger partial charge in [0.1, 0.15) is 12.1 Å². The topological polar surface area (TPSA) is 142 Å². The summed E-state index contributed by atoms with van der Waals surface area (Å²) >= 11 is 0. The highest BCUT2D eigenvalue weighted by Crippen LogP contribution is 2.17. The second-order valence-corrected chi connectivity index (χ2v) is 11.0. The summed E-state index contributed by atoms with van der Waals surface area (Å²) in [6.45, 7) is 0.108. The van der Waals surface area contributed by atoms with Gasteiger partial charge in [-0.3, -0.25) is 24.0 Å². The Morgan fingerprint density at radius 3 is 1.41 bits per heavy atom. The van der Waals surface area contributed by atoms with Gasteiger partial charge in [-0.2, -0.15) is 0 Å². The van der Waals surface area contributed by atoms with E-state index in [1.54, 1.807) is 48.5 Å². The Hall–Kier alpha value is -5.57. The summed E-state index contributed by atoms with van der Waals surface area (Å²) in [5, 5.41) is 17.1. The minimum Gasteiger partial charge on any atom is -0.481 e. The van der Waals surface area contributed by atoms with Crippen LogP contribution in [0.25, 0.3) is 0 Å². The predicted octanol–water partition coefficient (Wildman–Crippen LogP) is 3.66. The Morgan fingerprint density at radius 2 is 0.957 bits per heavy atom. The van der Waals surface area contributed by atoms with E-state index >= 15 is 0 Å². The largest absolute Gasteiger partial charge is 0.481 e. The zero-order valence-corrected chi connectivity index (χ0v) is 25.3. The molecule has 4 N–H and O–H groups in total. The SMILES string of the molecule is O=C(O)C[C@H](NC(=O)C(=O)[C@H](Cc1ccccc1)NC(=O)C(Cc1ccccc1)Cc1ccccc1)C(=O)NCc1ccccc1. The zero-order chi connectivity index (χ0) is 32.7. The monoisotopic (exact) mass is 619 g/mol. The van der Waals surface area contributed by atoms with E-state index in [4.69, 9.17) is 0 Å². The summed E-state index contributed by atoms with van der Waals surface area (Å²) in [6.07, 6.45) is 0.0994. The van der Waals surface area contributed by atoms with E-state index in [1.165, 1.54) is 0 Å². The summed E-state index contributed by atoms with van der Waals surface area (Å²) < 4.78 is 0. The molecule has 0 unspecified atom stereocenters. The Kier molecular flexibility index (Phi) is 12.4. The fourth-order valence-electron chi connectivity index (χ4n) is 5.08. The van der Waals surface area contributed by atoms with Gasteiger partial charge in [-0.15, -0.1) is 0 Å². The van der Waals surface area contributed by atoms with Crippen LogP contribution in [0.3, 0.4) is 0 Å². The van der Waals surface area contributed by atoms with Crippen LogP contribution >= 0.6 is 0 Å². The molecule has 2 atom stereocenters. The Bertz CT molecular complexity index is 1560. The van der Waals surface area contributed by atoms with E-state index in [9.17, 15) is 29.1 Å². The second-order valence-electron chi connectivity index (χ2n) is 11.0. The molecule has 0 radical (unpaired) electrons. The fourth-order valence-corrected chi connectivity index (χ4v) is 5.08. The van der Waals surface area contributed by atoms with Gasteiger partial charge < -0.3 is 21.1 Å². The molecular weight excluding hydrogens is 582 g/mol. The van der Waals surface area contributed by atoms with Crippen molar-refractivity contribution in [3.8, 4) is 0 Å². The number of carboxylic acid groups (broad SMARTS) is 1. The van der Waals surface area contributed by atoms with Crippen molar-refractivity contribution in [1.82, 2.24) is 16.0 Å². The average Bonchev–Trinajstić information content (AvgIpc) is 3.07. The second kappa shape index (κ2) is 17.1. The molecule has 0 aromatic heterocycles. The highest BCUT2D eigenvalue weighted by molar-refractivity contribution is 6.39. The van der Waals surface area contributed by atoms with Crippen LogP contribution in [0.15, 0.2) is 121 Å². The molecule has 4 aromatic rings. The molecule has 236 valence electrons. The summed E-state index contributed by atoms with van der Waals surface area (Å²) in [5.41, 5.74) is 3.37. The highest BCUT2D eigenvalue weighted by Gasteiger charge is 2.33. The molecule has 0 saturated carbocycles. The molecule has 0 aliphatic carbocycles. The summed E-state index contributed by atoms with van der Waals surface area (Å²) in [6, 6.07) is 34.2. The molecule has 0 fully saturated rings. The van der Waals surface area contributed by atoms with Crippen molar-refractivity contribution in [2.45, 2.75) is 44.3 Å². The van der Waals surface area contributed by atoms with Gasteiger partial charge in [0, 0.05) is 18.9 Å². The Labute approximate surface area is 268 Å². The molecule has 4 rings (SSSR count). The minimum atomic E-state index is -1.50. The number of amides is 3. The number of Topliss-reactive ketones (excluding diaryl/α,β-unsaturated/α-hetero) is 1. The molecule has 0 aliphatic heterocycles. The third kappa shape index (κ3) is 10.6. The van der Waals surface area contributed by atoms with Crippen molar-refractivity contribution >= 4 is 29.5 Å². The van der Waals surface area contributed by atoms with Crippen LogP contribution in [-0.4, -0.2) is 46.7 Å². The van der Waals surface area contributed by atoms with E-state index in [0.29, 0.717) is 18.4 Å². The van der Waals surface area contributed by atoms with Crippen LogP contribution in [-0.2, 0) is 49.8 Å². The number of hydrogen-bond acceptors (Lipinski definition) is 5. The van der Waals surface area contributed by atoms with Crippen molar-refractivity contribution in [2.24, 2.45) is 5.92 Å². The van der Waals surface area contributed by atoms with Gasteiger partial charge in [0.25, 0.3) is 5.91 Å². The normalized spacial score (nSPS) is 12.0. The molecular formula is C37H37N3O6. The molecule has 0 saturated heterocycles. The summed E-state index contributed by atoms with van der Waals surface area (Å²) in [4.78, 5) is 65.2. The van der Waals surface area contributed by atoms with Crippen LogP contribution in [0.5, 0.6) is 0 Å². The first kappa shape index (κ1) is 33.3. The Morgan fingerprint density at radius 1 is 0.522 bits per heavy atom. The lowest BCUT2D eigenvalue weighted by Gasteiger charge is -2.23. The van der Waals surface area contributed by atoms with E-state index in [1.807, 2.05) is 72.8 Å².